The molecule has 11 nitrogen and oxygen atoms in total. The van der Waals surface area contributed by atoms with E-state index in [1.165, 1.54) is 15.3 Å². The van der Waals surface area contributed by atoms with Gasteiger partial charge in [0.25, 0.3) is 11.5 Å². The van der Waals surface area contributed by atoms with E-state index < -0.39 is 17.5 Å². The monoisotopic (exact) mass is 449 g/mol. The van der Waals surface area contributed by atoms with E-state index in [2.05, 4.69) is 30.6 Å². The molecule has 0 saturated carbocycles. The third-order valence-electron chi connectivity index (χ3n) is 4.98. The molecule has 0 radical (unpaired) electrons. The number of fused-ring (bicyclic) bond motifs is 2. The van der Waals surface area contributed by atoms with Gasteiger partial charge < -0.3 is 11.1 Å². The van der Waals surface area contributed by atoms with Crippen LogP contribution in [0.1, 0.15) is 29.1 Å². The van der Waals surface area contributed by atoms with Crippen LogP contribution in [0.5, 0.6) is 0 Å². The number of nitrogens with one attached hydrogen (secondary N) is 2. The summed E-state index contributed by atoms with van der Waals surface area (Å²) in [6.45, 7) is 1.71. The second-order valence-electron chi connectivity index (χ2n) is 7.03. The smallest absolute Gasteiger partial charge is 0.268 e. The largest absolute Gasteiger partial charge is 0.381 e. The topological polar surface area (TPSA) is 149 Å². The van der Waals surface area contributed by atoms with Crippen LogP contribution in [0.2, 0.25) is 5.02 Å². The second-order valence-corrected chi connectivity index (χ2v) is 7.44. The summed E-state index contributed by atoms with van der Waals surface area (Å²) < 4.78 is 2.76. The SMILES string of the molecule is C[C@H](NC(=O)c1c(N)nn2cccnc12)c1nc2cccc(Cl)c2c(=O)n1-c1ccn[nH]1. The molecule has 4 aromatic heterocycles. The van der Waals surface area contributed by atoms with Crippen molar-refractivity contribution in [2.45, 2.75) is 13.0 Å². The highest BCUT2D eigenvalue weighted by molar-refractivity contribution is 6.35. The Kier molecular flexibility index (Phi) is 4.59. The first-order valence-electron chi connectivity index (χ1n) is 9.56. The van der Waals surface area contributed by atoms with Crippen LogP contribution in [-0.2, 0) is 0 Å². The molecule has 0 aliphatic carbocycles. The molecule has 1 aromatic carbocycles. The first-order chi connectivity index (χ1) is 15.5. The molecule has 0 fully saturated rings. The van der Waals surface area contributed by atoms with Gasteiger partial charge in [0.05, 0.1) is 28.2 Å². The number of hydrogen-bond acceptors (Lipinski definition) is 7. The van der Waals surface area contributed by atoms with Crippen molar-refractivity contribution in [3.8, 4) is 5.82 Å². The van der Waals surface area contributed by atoms with Crippen LogP contribution in [0.4, 0.5) is 5.82 Å². The van der Waals surface area contributed by atoms with Crippen molar-refractivity contribution in [1.29, 1.82) is 0 Å². The van der Waals surface area contributed by atoms with Crippen molar-refractivity contribution in [3.63, 3.8) is 0 Å². The molecule has 4 N–H and O–H groups in total. The number of aromatic amines is 1. The number of anilines is 1. The Bertz CT molecular complexity index is 1540. The number of nitrogens with two attached hydrogens (primary N) is 1. The van der Waals surface area contributed by atoms with Crippen LogP contribution in [0.15, 0.2) is 53.7 Å². The highest BCUT2D eigenvalue weighted by atomic mass is 35.5. The normalized spacial score (nSPS) is 12.3. The van der Waals surface area contributed by atoms with Crippen molar-refractivity contribution < 1.29 is 4.79 Å². The number of aromatic nitrogens is 7. The Labute approximate surface area is 184 Å². The first kappa shape index (κ1) is 19.7. The maximum absolute atomic E-state index is 13.4. The molecule has 0 saturated heterocycles. The molecule has 0 unspecified atom stereocenters. The Morgan fingerprint density at radius 3 is 2.88 bits per heavy atom. The predicted molar refractivity (Wildman–Crippen MR) is 118 cm³/mol. The van der Waals surface area contributed by atoms with E-state index >= 15 is 0 Å². The summed E-state index contributed by atoms with van der Waals surface area (Å²) in [7, 11) is 0. The van der Waals surface area contributed by atoms with Crippen LogP contribution >= 0.6 is 11.6 Å². The Morgan fingerprint density at radius 2 is 2.09 bits per heavy atom. The van der Waals surface area contributed by atoms with Gasteiger partial charge in [-0.1, -0.05) is 17.7 Å². The molecular formula is C20H16ClN9O2. The zero-order valence-corrected chi connectivity index (χ0v) is 17.4. The van der Waals surface area contributed by atoms with E-state index in [1.54, 1.807) is 49.6 Å². The summed E-state index contributed by atoms with van der Waals surface area (Å²) in [4.78, 5) is 35.2. The fraction of sp³-hybridized carbons (Fsp3) is 0.100. The first-order valence-corrected chi connectivity index (χ1v) is 9.94. The quantitative estimate of drug-likeness (QED) is 0.379. The van der Waals surface area contributed by atoms with Crippen molar-refractivity contribution in [1.82, 2.24) is 39.7 Å². The molecule has 0 aliphatic rings. The predicted octanol–water partition coefficient (Wildman–Crippen LogP) is 1.88. The summed E-state index contributed by atoms with van der Waals surface area (Å²) in [5.74, 6) is 0.209. The molecule has 32 heavy (non-hydrogen) atoms. The standard InChI is InChI=1S/C20H16ClN9O2/c1-10(25-19(31)15-16(22)28-29-9-3-7-23-18(15)29)17-26-12-5-2-4-11(21)14(12)20(32)30(17)13-6-8-24-27-13/h2-10H,1H3,(H2,22,28)(H,24,27)(H,25,31)/t10-/m0/s1. The molecule has 1 atom stereocenters. The van der Waals surface area contributed by atoms with Gasteiger partial charge in [-0.3, -0.25) is 14.7 Å². The van der Waals surface area contributed by atoms with Gasteiger partial charge in [0.1, 0.15) is 17.2 Å². The lowest BCUT2D eigenvalue weighted by atomic mass is 10.2. The summed E-state index contributed by atoms with van der Waals surface area (Å²) in [5, 5.41) is 14.2. The van der Waals surface area contributed by atoms with E-state index in [0.29, 0.717) is 17.0 Å². The van der Waals surface area contributed by atoms with Crippen molar-refractivity contribution in [3.05, 3.63) is 75.7 Å². The lowest BCUT2D eigenvalue weighted by molar-refractivity contribution is 0.0940. The number of rotatable bonds is 4. The number of nitrogen functional groups attached to an aromatic ring is 1. The number of nitrogens with zero attached hydrogens (tertiary/aromatic N) is 6. The third kappa shape index (κ3) is 3.06. The number of hydrogen-bond donors (Lipinski definition) is 3. The van der Waals surface area contributed by atoms with Crippen molar-refractivity contribution >= 4 is 39.9 Å². The number of halogens is 1. The van der Waals surface area contributed by atoms with Gasteiger partial charge in [-0.05, 0) is 25.1 Å². The molecule has 5 aromatic rings. The number of carbonyl (C=O) groups is 1. The van der Waals surface area contributed by atoms with E-state index in [1.807, 2.05) is 0 Å². The molecule has 5 rings (SSSR count). The minimum atomic E-state index is -0.694. The summed E-state index contributed by atoms with van der Waals surface area (Å²) in [5.41, 5.74) is 6.43. The van der Waals surface area contributed by atoms with Gasteiger partial charge in [0.2, 0.25) is 0 Å². The summed E-state index contributed by atoms with van der Waals surface area (Å²) in [6, 6.07) is 7.62. The van der Waals surface area contributed by atoms with Crippen molar-refractivity contribution in [2.75, 3.05) is 5.73 Å². The average molecular weight is 450 g/mol. The van der Waals surface area contributed by atoms with E-state index in [-0.39, 0.29) is 27.6 Å². The molecule has 1 amide bonds. The number of benzene rings is 1. The molecule has 12 heteroatoms. The maximum atomic E-state index is 13.4. The van der Waals surface area contributed by atoms with E-state index in [9.17, 15) is 9.59 Å². The van der Waals surface area contributed by atoms with Gasteiger partial charge in [0.15, 0.2) is 11.5 Å². The van der Waals surface area contributed by atoms with Gasteiger partial charge in [-0.15, -0.1) is 5.10 Å². The lowest BCUT2D eigenvalue weighted by Crippen LogP contribution is -2.33. The molecule has 160 valence electrons. The third-order valence-corrected chi connectivity index (χ3v) is 5.30. The molecule has 4 heterocycles. The molecule has 0 bridgehead atoms. The van der Waals surface area contributed by atoms with Crippen LogP contribution < -0.4 is 16.6 Å². The zero-order valence-electron chi connectivity index (χ0n) is 16.7. The van der Waals surface area contributed by atoms with Crippen LogP contribution in [-0.4, -0.2) is 40.3 Å². The van der Waals surface area contributed by atoms with Crippen LogP contribution in [0.3, 0.4) is 0 Å². The van der Waals surface area contributed by atoms with Gasteiger partial charge in [-0.2, -0.15) is 5.10 Å². The Morgan fingerprint density at radius 1 is 1.25 bits per heavy atom. The highest BCUT2D eigenvalue weighted by Crippen LogP contribution is 2.23. The second kappa shape index (κ2) is 7.46. The summed E-state index contributed by atoms with van der Waals surface area (Å²) in [6.07, 6.45) is 4.70. The lowest BCUT2D eigenvalue weighted by Gasteiger charge is -2.18. The highest BCUT2D eigenvalue weighted by Gasteiger charge is 2.25. The van der Waals surface area contributed by atoms with Crippen LogP contribution in [0.25, 0.3) is 22.4 Å². The molecular weight excluding hydrogens is 434 g/mol. The number of amides is 1. The number of H-pyrrole nitrogens is 1. The Hall–Kier alpha value is -4.25. The Balaban J connectivity index is 1.62. The van der Waals surface area contributed by atoms with Crippen molar-refractivity contribution in [2.24, 2.45) is 0 Å². The van der Waals surface area contributed by atoms with E-state index in [4.69, 9.17) is 17.3 Å². The van der Waals surface area contributed by atoms with Gasteiger partial charge in [0, 0.05) is 18.5 Å². The number of carbonyl (C=O) groups excluding carboxylic acids is 1. The maximum Gasteiger partial charge on any atom is 0.268 e. The van der Waals surface area contributed by atoms with Gasteiger partial charge >= 0.3 is 0 Å². The molecule has 0 aliphatic heterocycles. The fourth-order valence-electron chi connectivity index (χ4n) is 3.56. The summed E-state index contributed by atoms with van der Waals surface area (Å²) >= 11 is 6.27. The minimum Gasteiger partial charge on any atom is -0.381 e. The van der Waals surface area contributed by atoms with E-state index in [0.717, 1.165) is 0 Å². The van der Waals surface area contributed by atoms with Crippen LogP contribution in [0, 0.1) is 0 Å². The van der Waals surface area contributed by atoms with Gasteiger partial charge in [-0.25, -0.2) is 19.1 Å². The average Bonchev–Trinajstić information content (AvgIpc) is 3.40. The zero-order chi connectivity index (χ0) is 22.4. The minimum absolute atomic E-state index is 0.0395. The fourth-order valence-corrected chi connectivity index (χ4v) is 3.81. The molecule has 0 spiro atoms.